The van der Waals surface area contributed by atoms with Crippen molar-refractivity contribution in [3.05, 3.63) is 47.2 Å². The summed E-state index contributed by atoms with van der Waals surface area (Å²) in [6.45, 7) is 8.25. The monoisotopic (exact) mass is 500 g/mol. The first-order valence-electron chi connectivity index (χ1n) is 12.6. The van der Waals surface area contributed by atoms with Gasteiger partial charge in [-0.25, -0.2) is 23.5 Å². The molecular formula is C26H34F2N6O2. The number of halogens is 2. The van der Waals surface area contributed by atoms with Gasteiger partial charge in [0, 0.05) is 30.7 Å². The van der Waals surface area contributed by atoms with Crippen LogP contribution in [0.15, 0.2) is 24.4 Å². The second-order valence-electron chi connectivity index (χ2n) is 11.0. The summed E-state index contributed by atoms with van der Waals surface area (Å²) >= 11 is 0. The van der Waals surface area contributed by atoms with Gasteiger partial charge in [-0.3, -0.25) is 4.90 Å². The molecule has 5 rings (SSSR count). The summed E-state index contributed by atoms with van der Waals surface area (Å²) < 4.78 is 35.0. The standard InChI is InChI=1S/C26H34F2N6O2/c1-16(17-4-5-18(20(27)12-17)14-33-10-8-25(2,29)9-11-33)31-23-30-13-21(28)22(32-23)34-24(35)36-15-26(34,3)19-6-7-19/h4-5,12-13,16,19H,6-11,14-15,29H2,1-3H3,(H,30,31,32)/t16-,26+/m0/s1. The molecule has 1 aliphatic carbocycles. The summed E-state index contributed by atoms with van der Waals surface area (Å²) in [7, 11) is 0. The molecule has 10 heteroatoms. The highest BCUT2D eigenvalue weighted by Crippen LogP contribution is 2.47. The lowest BCUT2D eigenvalue weighted by molar-refractivity contribution is 0.163. The van der Waals surface area contributed by atoms with Crippen molar-refractivity contribution >= 4 is 17.9 Å². The van der Waals surface area contributed by atoms with Gasteiger partial charge in [0.15, 0.2) is 11.6 Å². The second-order valence-corrected chi connectivity index (χ2v) is 11.0. The van der Waals surface area contributed by atoms with E-state index < -0.39 is 17.4 Å². The van der Waals surface area contributed by atoms with Crippen LogP contribution < -0.4 is 16.0 Å². The zero-order valence-corrected chi connectivity index (χ0v) is 21.1. The molecule has 1 amide bonds. The van der Waals surface area contributed by atoms with Crippen molar-refractivity contribution in [3.8, 4) is 0 Å². The van der Waals surface area contributed by atoms with E-state index in [1.807, 2.05) is 19.9 Å². The Morgan fingerprint density at radius 2 is 1.94 bits per heavy atom. The predicted octanol–water partition coefficient (Wildman–Crippen LogP) is 4.37. The van der Waals surface area contributed by atoms with E-state index in [0.29, 0.717) is 17.7 Å². The number of nitrogens with two attached hydrogens (primary N) is 1. The lowest BCUT2D eigenvalue weighted by Crippen LogP contribution is -2.47. The first kappa shape index (κ1) is 24.8. The molecule has 0 unspecified atom stereocenters. The highest BCUT2D eigenvalue weighted by atomic mass is 19.1. The molecule has 2 aliphatic heterocycles. The van der Waals surface area contributed by atoms with Crippen molar-refractivity contribution in [1.29, 1.82) is 0 Å². The number of aromatic nitrogens is 2. The third kappa shape index (κ3) is 4.88. The molecule has 2 saturated heterocycles. The fourth-order valence-corrected chi connectivity index (χ4v) is 5.17. The van der Waals surface area contributed by atoms with Crippen LogP contribution >= 0.6 is 0 Å². The van der Waals surface area contributed by atoms with Crippen LogP contribution in [0.3, 0.4) is 0 Å². The van der Waals surface area contributed by atoms with Crippen molar-refractivity contribution in [3.63, 3.8) is 0 Å². The smallest absolute Gasteiger partial charge is 0.416 e. The maximum atomic E-state index is 15.0. The molecule has 1 aromatic carbocycles. The number of carbonyl (C=O) groups excluding carboxylic acids is 1. The van der Waals surface area contributed by atoms with Crippen molar-refractivity contribution in [1.82, 2.24) is 14.9 Å². The molecule has 2 atom stereocenters. The molecule has 3 fully saturated rings. The van der Waals surface area contributed by atoms with Gasteiger partial charge in [-0.1, -0.05) is 12.1 Å². The van der Waals surface area contributed by atoms with Gasteiger partial charge in [0.2, 0.25) is 5.95 Å². The minimum atomic E-state index is -0.693. The van der Waals surface area contributed by atoms with Crippen LogP contribution in [0.2, 0.25) is 0 Å². The van der Waals surface area contributed by atoms with Crippen molar-refractivity contribution < 1.29 is 18.3 Å². The van der Waals surface area contributed by atoms with Gasteiger partial charge in [0.05, 0.1) is 17.8 Å². The Hall–Kier alpha value is -2.85. The Morgan fingerprint density at radius 1 is 1.22 bits per heavy atom. The van der Waals surface area contributed by atoms with Crippen LogP contribution in [0, 0.1) is 17.6 Å². The Bertz CT molecular complexity index is 1150. The van der Waals surface area contributed by atoms with Crippen molar-refractivity contribution in [2.75, 3.05) is 29.9 Å². The van der Waals surface area contributed by atoms with Gasteiger partial charge in [-0.15, -0.1) is 0 Å². The number of rotatable bonds is 7. The molecule has 194 valence electrons. The Balaban J connectivity index is 1.29. The SMILES string of the molecule is C[C@H](Nc1ncc(F)c(N2C(=O)OC[C@]2(C)C2CC2)n1)c1ccc(CN2CCC(C)(N)CC2)c(F)c1. The van der Waals surface area contributed by atoms with E-state index in [-0.39, 0.29) is 41.7 Å². The van der Waals surface area contributed by atoms with Gasteiger partial charge < -0.3 is 15.8 Å². The summed E-state index contributed by atoms with van der Waals surface area (Å²) in [6.07, 6.45) is 4.15. The maximum Gasteiger partial charge on any atom is 0.416 e. The Kier molecular flexibility index (Phi) is 6.36. The Morgan fingerprint density at radius 3 is 2.61 bits per heavy atom. The molecule has 0 radical (unpaired) electrons. The maximum absolute atomic E-state index is 15.0. The summed E-state index contributed by atoms with van der Waals surface area (Å²) in [5.41, 5.74) is 6.77. The fourth-order valence-electron chi connectivity index (χ4n) is 5.17. The molecule has 0 bridgehead atoms. The number of likely N-dealkylation sites (tertiary alicyclic amines) is 1. The zero-order valence-electron chi connectivity index (χ0n) is 21.1. The molecule has 36 heavy (non-hydrogen) atoms. The lowest BCUT2D eigenvalue weighted by atomic mass is 9.91. The van der Waals surface area contributed by atoms with Crippen LogP contribution in [0.5, 0.6) is 0 Å². The molecule has 3 aliphatic rings. The Labute approximate surface area is 210 Å². The third-order valence-electron chi connectivity index (χ3n) is 7.89. The fraction of sp³-hybridized carbons (Fsp3) is 0.577. The number of nitrogens with one attached hydrogen (secondary N) is 1. The number of anilines is 2. The van der Waals surface area contributed by atoms with E-state index in [2.05, 4.69) is 27.1 Å². The molecular weight excluding hydrogens is 466 g/mol. The normalized spacial score (nSPS) is 25.1. The number of piperidine rings is 1. The van der Waals surface area contributed by atoms with Crippen LogP contribution in [-0.4, -0.2) is 51.7 Å². The third-order valence-corrected chi connectivity index (χ3v) is 7.89. The van der Waals surface area contributed by atoms with Crippen LogP contribution in [0.25, 0.3) is 0 Å². The number of hydrogen-bond donors (Lipinski definition) is 2. The summed E-state index contributed by atoms with van der Waals surface area (Å²) in [4.78, 5) is 24.4. The predicted molar refractivity (Wildman–Crippen MR) is 132 cm³/mol. The number of cyclic esters (lactones) is 1. The lowest BCUT2D eigenvalue weighted by Gasteiger charge is -2.36. The quantitative estimate of drug-likeness (QED) is 0.583. The van der Waals surface area contributed by atoms with Gasteiger partial charge in [0.1, 0.15) is 12.4 Å². The number of amides is 1. The average Bonchev–Trinajstić information content (AvgIpc) is 3.64. The molecule has 1 aromatic heterocycles. The number of carbonyl (C=O) groups is 1. The number of hydrogen-bond acceptors (Lipinski definition) is 7. The van der Waals surface area contributed by atoms with Gasteiger partial charge in [0.25, 0.3) is 0 Å². The molecule has 3 heterocycles. The molecule has 0 spiro atoms. The van der Waals surface area contributed by atoms with E-state index in [1.54, 1.807) is 6.07 Å². The minimum absolute atomic E-state index is 0.103. The minimum Gasteiger partial charge on any atom is -0.447 e. The highest BCUT2D eigenvalue weighted by Gasteiger charge is 2.55. The average molecular weight is 501 g/mol. The summed E-state index contributed by atoms with van der Waals surface area (Å²) in [6, 6.07) is 4.84. The van der Waals surface area contributed by atoms with E-state index in [0.717, 1.165) is 45.0 Å². The van der Waals surface area contributed by atoms with E-state index >= 15 is 0 Å². The molecule has 1 saturated carbocycles. The van der Waals surface area contributed by atoms with E-state index in [9.17, 15) is 13.6 Å². The number of nitrogens with zero attached hydrogens (tertiary/aromatic N) is 4. The van der Waals surface area contributed by atoms with Crippen LogP contribution in [-0.2, 0) is 11.3 Å². The first-order valence-corrected chi connectivity index (χ1v) is 12.6. The van der Waals surface area contributed by atoms with E-state index in [4.69, 9.17) is 10.5 Å². The number of benzene rings is 1. The van der Waals surface area contributed by atoms with Crippen molar-refractivity contribution in [2.24, 2.45) is 11.7 Å². The second kappa shape index (κ2) is 9.23. The summed E-state index contributed by atoms with van der Waals surface area (Å²) in [5.74, 6) is -0.669. The van der Waals surface area contributed by atoms with Gasteiger partial charge >= 0.3 is 6.09 Å². The van der Waals surface area contributed by atoms with Crippen LogP contribution in [0.1, 0.15) is 63.6 Å². The molecule has 3 N–H and O–H groups in total. The zero-order chi connectivity index (χ0) is 25.7. The van der Waals surface area contributed by atoms with Crippen molar-refractivity contribution in [2.45, 2.75) is 70.1 Å². The summed E-state index contributed by atoms with van der Waals surface area (Å²) in [5, 5.41) is 3.11. The van der Waals surface area contributed by atoms with Crippen LogP contribution in [0.4, 0.5) is 25.3 Å². The van der Waals surface area contributed by atoms with Gasteiger partial charge in [-0.2, -0.15) is 4.98 Å². The number of ether oxygens (including phenoxy) is 1. The largest absolute Gasteiger partial charge is 0.447 e. The molecule has 2 aromatic rings. The highest BCUT2D eigenvalue weighted by molar-refractivity contribution is 5.90. The first-order chi connectivity index (χ1) is 17.1. The van der Waals surface area contributed by atoms with Gasteiger partial charge in [-0.05, 0) is 64.0 Å². The van der Waals surface area contributed by atoms with E-state index in [1.165, 1.54) is 11.0 Å². The molecule has 8 nitrogen and oxygen atoms in total. The topological polar surface area (TPSA) is 96.6 Å².